The summed E-state index contributed by atoms with van der Waals surface area (Å²) in [5.74, 6) is 0.245. The first kappa shape index (κ1) is 10.0. The molecule has 0 aliphatic carbocycles. The number of amides is 2. The lowest BCUT2D eigenvalue weighted by Gasteiger charge is -2.15. The lowest BCUT2D eigenvalue weighted by atomic mass is 10.1. The van der Waals surface area contributed by atoms with Gasteiger partial charge in [0.05, 0.1) is 0 Å². The molecule has 1 aliphatic heterocycles. The summed E-state index contributed by atoms with van der Waals surface area (Å²) in [5, 5.41) is 2.72. The van der Waals surface area contributed by atoms with Crippen molar-refractivity contribution in [3.05, 3.63) is 0 Å². The predicted molar refractivity (Wildman–Crippen MR) is 49.4 cm³/mol. The molecule has 1 atom stereocenters. The van der Waals surface area contributed by atoms with Crippen molar-refractivity contribution in [1.29, 1.82) is 0 Å². The summed E-state index contributed by atoms with van der Waals surface area (Å²) in [6, 6.07) is -0.0498. The molecule has 0 saturated carbocycles. The molecule has 0 unspecified atom stereocenters. The van der Waals surface area contributed by atoms with Gasteiger partial charge in [-0.3, -0.25) is 4.79 Å². The number of hydrogen-bond acceptors (Lipinski definition) is 2. The highest BCUT2D eigenvalue weighted by molar-refractivity contribution is 5.81. The van der Waals surface area contributed by atoms with Crippen LogP contribution in [0.25, 0.3) is 0 Å². The lowest BCUT2D eigenvalue weighted by molar-refractivity contribution is -0.120. The molecule has 1 heterocycles. The Morgan fingerprint density at radius 3 is 2.69 bits per heavy atom. The maximum Gasteiger partial charge on any atom is 0.317 e. The zero-order chi connectivity index (χ0) is 9.84. The van der Waals surface area contributed by atoms with Crippen LogP contribution in [0.2, 0.25) is 0 Å². The second-order valence-electron chi connectivity index (χ2n) is 3.38. The van der Waals surface area contributed by atoms with E-state index in [1.165, 1.54) is 0 Å². The summed E-state index contributed by atoms with van der Waals surface area (Å²) >= 11 is 0. The molecular formula is C9H16N2O2. The first-order chi connectivity index (χ1) is 6.15. The van der Waals surface area contributed by atoms with Gasteiger partial charge in [0.15, 0.2) is 0 Å². The van der Waals surface area contributed by atoms with Gasteiger partial charge in [-0.25, -0.2) is 4.79 Å². The zero-order valence-corrected chi connectivity index (χ0v) is 8.17. The highest BCUT2D eigenvalue weighted by Crippen LogP contribution is 2.16. The van der Waals surface area contributed by atoms with Crippen molar-refractivity contribution >= 4 is 11.8 Å². The molecule has 1 N–H and O–H groups in total. The standard InChI is InChI=1S/C9H16N2O2/c1-3-10-9(13)11-5-4-8(6-11)7(2)12/h8H,3-6H2,1-2H3,(H,10,13)/t8-/m0/s1. The van der Waals surface area contributed by atoms with Crippen molar-refractivity contribution in [3.63, 3.8) is 0 Å². The minimum Gasteiger partial charge on any atom is -0.338 e. The van der Waals surface area contributed by atoms with Gasteiger partial charge in [0.2, 0.25) is 0 Å². The Kier molecular flexibility index (Phi) is 3.28. The van der Waals surface area contributed by atoms with Gasteiger partial charge < -0.3 is 10.2 Å². The summed E-state index contributed by atoms with van der Waals surface area (Å²) < 4.78 is 0. The van der Waals surface area contributed by atoms with Crippen LogP contribution in [-0.2, 0) is 4.79 Å². The quantitative estimate of drug-likeness (QED) is 0.684. The van der Waals surface area contributed by atoms with Gasteiger partial charge in [0, 0.05) is 25.6 Å². The van der Waals surface area contributed by atoms with Crippen LogP contribution in [0.3, 0.4) is 0 Å². The monoisotopic (exact) mass is 184 g/mol. The summed E-state index contributed by atoms with van der Waals surface area (Å²) in [4.78, 5) is 24.0. The number of carbonyl (C=O) groups is 2. The number of nitrogens with zero attached hydrogens (tertiary/aromatic N) is 1. The third-order valence-corrected chi connectivity index (χ3v) is 2.38. The van der Waals surface area contributed by atoms with Crippen molar-refractivity contribution in [2.24, 2.45) is 5.92 Å². The van der Waals surface area contributed by atoms with Crippen LogP contribution in [0, 0.1) is 5.92 Å². The summed E-state index contributed by atoms with van der Waals surface area (Å²) in [7, 11) is 0. The minimum atomic E-state index is -0.0498. The lowest BCUT2D eigenvalue weighted by Crippen LogP contribution is -2.38. The normalized spacial score (nSPS) is 21.7. The van der Waals surface area contributed by atoms with E-state index in [0.717, 1.165) is 6.42 Å². The highest BCUT2D eigenvalue weighted by Gasteiger charge is 2.28. The fourth-order valence-corrected chi connectivity index (χ4v) is 1.54. The summed E-state index contributed by atoms with van der Waals surface area (Å²) in [6.45, 7) is 5.40. The molecule has 13 heavy (non-hydrogen) atoms. The van der Waals surface area contributed by atoms with Crippen LogP contribution in [0.15, 0.2) is 0 Å². The number of nitrogens with one attached hydrogen (secondary N) is 1. The Labute approximate surface area is 78.3 Å². The van der Waals surface area contributed by atoms with Gasteiger partial charge in [-0.1, -0.05) is 0 Å². The number of likely N-dealkylation sites (tertiary alicyclic amines) is 1. The first-order valence-electron chi connectivity index (χ1n) is 4.68. The molecule has 1 fully saturated rings. The fraction of sp³-hybridized carbons (Fsp3) is 0.778. The van der Waals surface area contributed by atoms with Crippen molar-refractivity contribution in [1.82, 2.24) is 10.2 Å². The molecule has 1 rings (SSSR count). The van der Waals surface area contributed by atoms with Crippen LogP contribution in [0.5, 0.6) is 0 Å². The van der Waals surface area contributed by atoms with Crippen LogP contribution >= 0.6 is 0 Å². The molecule has 1 saturated heterocycles. The second-order valence-corrected chi connectivity index (χ2v) is 3.38. The number of urea groups is 1. The van der Waals surface area contributed by atoms with Crippen LogP contribution in [0.4, 0.5) is 4.79 Å². The summed E-state index contributed by atoms with van der Waals surface area (Å²) in [5.41, 5.74) is 0. The number of carbonyl (C=O) groups excluding carboxylic acids is 2. The van der Waals surface area contributed by atoms with Gasteiger partial charge >= 0.3 is 6.03 Å². The van der Waals surface area contributed by atoms with E-state index in [1.807, 2.05) is 6.92 Å². The molecule has 0 bridgehead atoms. The van der Waals surface area contributed by atoms with E-state index < -0.39 is 0 Å². The smallest absolute Gasteiger partial charge is 0.317 e. The maximum atomic E-state index is 11.3. The van der Waals surface area contributed by atoms with E-state index in [1.54, 1.807) is 11.8 Å². The Morgan fingerprint density at radius 1 is 1.54 bits per heavy atom. The molecule has 4 heteroatoms. The molecule has 0 spiro atoms. The fourth-order valence-electron chi connectivity index (χ4n) is 1.54. The van der Waals surface area contributed by atoms with E-state index in [4.69, 9.17) is 0 Å². The Balaban J connectivity index is 2.40. The van der Waals surface area contributed by atoms with Gasteiger partial charge in [-0.05, 0) is 20.3 Å². The maximum absolute atomic E-state index is 11.3. The average molecular weight is 184 g/mol. The van der Waals surface area contributed by atoms with E-state index in [9.17, 15) is 9.59 Å². The second kappa shape index (κ2) is 4.25. The molecule has 0 aromatic rings. The third kappa shape index (κ3) is 2.44. The van der Waals surface area contributed by atoms with E-state index in [2.05, 4.69) is 5.32 Å². The minimum absolute atomic E-state index is 0.0498. The van der Waals surface area contributed by atoms with Crippen LogP contribution in [0.1, 0.15) is 20.3 Å². The summed E-state index contributed by atoms with van der Waals surface area (Å²) in [6.07, 6.45) is 0.812. The van der Waals surface area contributed by atoms with E-state index >= 15 is 0 Å². The molecule has 74 valence electrons. The van der Waals surface area contributed by atoms with E-state index in [0.29, 0.717) is 19.6 Å². The van der Waals surface area contributed by atoms with Crippen LogP contribution < -0.4 is 5.32 Å². The number of Topliss-reactive ketones (excluding diaryl/α,β-unsaturated/α-hetero) is 1. The van der Waals surface area contributed by atoms with E-state index in [-0.39, 0.29) is 17.7 Å². The zero-order valence-electron chi connectivity index (χ0n) is 8.17. The molecular weight excluding hydrogens is 168 g/mol. The molecule has 0 aromatic carbocycles. The number of rotatable bonds is 2. The van der Waals surface area contributed by atoms with Gasteiger partial charge in [-0.15, -0.1) is 0 Å². The molecule has 0 aromatic heterocycles. The Morgan fingerprint density at radius 2 is 2.23 bits per heavy atom. The predicted octanol–water partition coefficient (Wildman–Crippen LogP) is 0.627. The molecule has 2 amide bonds. The average Bonchev–Trinajstić information content (AvgIpc) is 2.52. The number of hydrogen-bond donors (Lipinski definition) is 1. The SMILES string of the molecule is CCNC(=O)N1CC[C@H](C(C)=O)C1. The Hall–Kier alpha value is -1.06. The van der Waals surface area contributed by atoms with Crippen molar-refractivity contribution in [2.45, 2.75) is 20.3 Å². The number of ketones is 1. The van der Waals surface area contributed by atoms with Crippen LogP contribution in [-0.4, -0.2) is 36.3 Å². The topological polar surface area (TPSA) is 49.4 Å². The first-order valence-corrected chi connectivity index (χ1v) is 4.68. The Bertz CT molecular complexity index is 216. The molecule has 0 radical (unpaired) electrons. The molecule has 1 aliphatic rings. The highest BCUT2D eigenvalue weighted by atomic mass is 16.2. The van der Waals surface area contributed by atoms with Gasteiger partial charge in [0.25, 0.3) is 0 Å². The van der Waals surface area contributed by atoms with Crippen molar-refractivity contribution in [3.8, 4) is 0 Å². The van der Waals surface area contributed by atoms with Crippen molar-refractivity contribution in [2.75, 3.05) is 19.6 Å². The van der Waals surface area contributed by atoms with Gasteiger partial charge in [0.1, 0.15) is 5.78 Å². The van der Waals surface area contributed by atoms with Crippen molar-refractivity contribution < 1.29 is 9.59 Å². The third-order valence-electron chi connectivity index (χ3n) is 2.38. The molecule has 4 nitrogen and oxygen atoms in total. The largest absolute Gasteiger partial charge is 0.338 e. The van der Waals surface area contributed by atoms with Gasteiger partial charge in [-0.2, -0.15) is 0 Å².